The van der Waals surface area contributed by atoms with Gasteiger partial charge in [0.05, 0.1) is 16.1 Å². The predicted octanol–water partition coefficient (Wildman–Crippen LogP) is 2.97. The number of hydrogen-bond acceptors (Lipinski definition) is 3. The van der Waals surface area contributed by atoms with E-state index in [1.165, 1.54) is 0 Å². The lowest BCUT2D eigenvalue weighted by Crippen LogP contribution is -2.26. The Morgan fingerprint density at radius 2 is 2.06 bits per heavy atom. The molecule has 0 fully saturated rings. The molecule has 0 saturated heterocycles. The second-order valence-corrected chi connectivity index (χ2v) is 4.99. The Morgan fingerprint density at radius 3 is 2.59 bits per heavy atom. The maximum atomic E-state index is 12.1. The van der Waals surface area contributed by atoms with Crippen molar-refractivity contribution in [1.82, 2.24) is 4.57 Å². The van der Waals surface area contributed by atoms with Crippen molar-refractivity contribution >= 4 is 17.6 Å². The molecule has 0 aromatic carbocycles. The summed E-state index contributed by atoms with van der Waals surface area (Å²) < 4.78 is 1.66. The molecule has 0 radical (unpaired) electrons. The number of rotatable bonds is 3. The van der Waals surface area contributed by atoms with Crippen LogP contribution in [0.1, 0.15) is 30.2 Å². The number of hydrogen-bond donors (Lipinski definition) is 0. The maximum absolute atomic E-state index is 12.1. The lowest BCUT2D eigenvalue weighted by atomic mass is 10.2. The van der Waals surface area contributed by atoms with Crippen LogP contribution in [0.25, 0.3) is 10.6 Å². The molecule has 0 aliphatic carbocycles. The van der Waals surface area contributed by atoms with Gasteiger partial charge in [-0.3, -0.25) is 9.59 Å². The van der Waals surface area contributed by atoms with Gasteiger partial charge in [-0.15, -0.1) is 11.3 Å². The van der Waals surface area contributed by atoms with Crippen LogP contribution in [0.4, 0.5) is 0 Å². The minimum absolute atomic E-state index is 0.0273. The lowest BCUT2D eigenvalue weighted by molar-refractivity contribution is 0.112. The SMILES string of the molecule is CC(C)n1c(-c2cccs2)ccc(C=O)c1=O. The summed E-state index contributed by atoms with van der Waals surface area (Å²) in [5.41, 5.74) is 0.852. The summed E-state index contributed by atoms with van der Waals surface area (Å²) in [5.74, 6) is 0. The van der Waals surface area contributed by atoms with Crippen LogP contribution in [0.15, 0.2) is 34.4 Å². The van der Waals surface area contributed by atoms with Crippen LogP contribution in [-0.2, 0) is 0 Å². The first-order valence-electron chi connectivity index (χ1n) is 5.39. The van der Waals surface area contributed by atoms with Gasteiger partial charge >= 0.3 is 0 Å². The maximum Gasteiger partial charge on any atom is 0.261 e. The summed E-state index contributed by atoms with van der Waals surface area (Å²) in [7, 11) is 0. The second kappa shape index (κ2) is 4.67. The van der Waals surface area contributed by atoms with Gasteiger partial charge in [0.15, 0.2) is 6.29 Å². The molecule has 0 atom stereocenters. The highest BCUT2D eigenvalue weighted by Gasteiger charge is 2.12. The Morgan fingerprint density at radius 1 is 1.29 bits per heavy atom. The summed E-state index contributed by atoms with van der Waals surface area (Å²) in [4.78, 5) is 23.9. The quantitative estimate of drug-likeness (QED) is 0.782. The second-order valence-electron chi connectivity index (χ2n) is 4.04. The average Bonchev–Trinajstić information content (AvgIpc) is 2.81. The van der Waals surface area contributed by atoms with Gasteiger partial charge in [-0.1, -0.05) is 6.07 Å². The van der Waals surface area contributed by atoms with Gasteiger partial charge in [0.1, 0.15) is 0 Å². The van der Waals surface area contributed by atoms with Crippen molar-refractivity contribution in [3.05, 3.63) is 45.6 Å². The van der Waals surface area contributed by atoms with Gasteiger partial charge in [0, 0.05) is 6.04 Å². The van der Waals surface area contributed by atoms with Crippen molar-refractivity contribution in [3.8, 4) is 10.6 Å². The van der Waals surface area contributed by atoms with Crippen molar-refractivity contribution in [2.45, 2.75) is 19.9 Å². The smallest absolute Gasteiger partial charge is 0.261 e. The van der Waals surface area contributed by atoms with Gasteiger partial charge in [-0.25, -0.2) is 0 Å². The van der Waals surface area contributed by atoms with Crippen LogP contribution in [0.3, 0.4) is 0 Å². The third-order valence-electron chi connectivity index (χ3n) is 2.56. The van der Waals surface area contributed by atoms with Crippen molar-refractivity contribution in [3.63, 3.8) is 0 Å². The van der Waals surface area contributed by atoms with E-state index < -0.39 is 0 Å². The van der Waals surface area contributed by atoms with Gasteiger partial charge < -0.3 is 4.57 Å². The van der Waals surface area contributed by atoms with E-state index in [2.05, 4.69) is 0 Å². The summed E-state index contributed by atoms with van der Waals surface area (Å²) in [6.07, 6.45) is 0.611. The molecule has 0 saturated carbocycles. The first kappa shape index (κ1) is 11.8. The molecule has 0 aliphatic rings. The fourth-order valence-electron chi connectivity index (χ4n) is 1.80. The highest BCUT2D eigenvalue weighted by molar-refractivity contribution is 7.13. The Kier molecular flexibility index (Phi) is 3.24. The largest absolute Gasteiger partial charge is 0.304 e. The molecule has 0 bridgehead atoms. The average molecular weight is 247 g/mol. The molecule has 0 unspecified atom stereocenters. The van der Waals surface area contributed by atoms with E-state index in [0.29, 0.717) is 6.29 Å². The zero-order chi connectivity index (χ0) is 12.4. The molecule has 0 N–H and O–H groups in total. The molecule has 3 nitrogen and oxygen atoms in total. The van der Waals surface area contributed by atoms with E-state index >= 15 is 0 Å². The molecule has 4 heteroatoms. The van der Waals surface area contributed by atoms with Crippen molar-refractivity contribution in [1.29, 1.82) is 0 Å². The summed E-state index contributed by atoms with van der Waals surface area (Å²) >= 11 is 1.58. The summed E-state index contributed by atoms with van der Waals surface area (Å²) in [6, 6.07) is 7.36. The molecule has 2 aromatic heterocycles. The number of nitrogens with zero attached hydrogens (tertiary/aromatic N) is 1. The Balaban J connectivity index is 2.73. The molecular formula is C13H13NO2S. The molecule has 0 spiro atoms. The van der Waals surface area contributed by atoms with Crippen LogP contribution in [0.2, 0.25) is 0 Å². The fourth-order valence-corrected chi connectivity index (χ4v) is 2.54. The van der Waals surface area contributed by atoms with Crippen molar-refractivity contribution < 1.29 is 4.79 Å². The standard InChI is InChI=1S/C13H13NO2S/c1-9(2)14-11(12-4-3-7-17-12)6-5-10(8-15)13(14)16/h3-9H,1-2H3. The Bertz CT molecular complexity index is 582. The molecule has 2 aromatic rings. The molecule has 0 amide bonds. The molecular weight excluding hydrogens is 234 g/mol. The van der Waals surface area contributed by atoms with E-state index in [-0.39, 0.29) is 17.2 Å². The fraction of sp³-hybridized carbons (Fsp3) is 0.231. The number of thiophene rings is 1. The van der Waals surface area contributed by atoms with E-state index in [1.807, 2.05) is 37.4 Å². The third-order valence-corrected chi connectivity index (χ3v) is 3.46. The third kappa shape index (κ3) is 2.08. The normalized spacial score (nSPS) is 10.8. The van der Waals surface area contributed by atoms with Crippen LogP contribution >= 0.6 is 11.3 Å². The highest BCUT2D eigenvalue weighted by Crippen LogP contribution is 2.25. The molecule has 88 valence electrons. The predicted molar refractivity (Wildman–Crippen MR) is 69.8 cm³/mol. The number of aldehydes is 1. The van der Waals surface area contributed by atoms with Gasteiger partial charge in [0.25, 0.3) is 5.56 Å². The first-order valence-corrected chi connectivity index (χ1v) is 6.27. The van der Waals surface area contributed by atoms with Gasteiger partial charge in [-0.2, -0.15) is 0 Å². The van der Waals surface area contributed by atoms with Crippen LogP contribution in [0, 0.1) is 0 Å². The zero-order valence-electron chi connectivity index (χ0n) is 9.71. The molecule has 0 aliphatic heterocycles. The number of carbonyl (C=O) groups excluding carboxylic acids is 1. The summed E-state index contributed by atoms with van der Waals surface area (Å²) in [5, 5.41) is 1.97. The Labute approximate surface area is 103 Å². The Hall–Kier alpha value is -1.68. The molecule has 2 rings (SSSR count). The van der Waals surface area contributed by atoms with E-state index in [9.17, 15) is 9.59 Å². The first-order chi connectivity index (χ1) is 8.15. The van der Waals surface area contributed by atoms with E-state index in [1.54, 1.807) is 22.0 Å². The lowest BCUT2D eigenvalue weighted by Gasteiger charge is -2.15. The number of carbonyl (C=O) groups is 1. The highest BCUT2D eigenvalue weighted by atomic mass is 32.1. The summed E-state index contributed by atoms with van der Waals surface area (Å²) in [6.45, 7) is 3.88. The van der Waals surface area contributed by atoms with Gasteiger partial charge in [-0.05, 0) is 37.4 Å². The number of pyridine rings is 1. The topological polar surface area (TPSA) is 39.1 Å². The number of aromatic nitrogens is 1. The monoisotopic (exact) mass is 247 g/mol. The minimum atomic E-state index is -0.221. The van der Waals surface area contributed by atoms with E-state index in [0.717, 1.165) is 10.6 Å². The van der Waals surface area contributed by atoms with Crippen LogP contribution in [0.5, 0.6) is 0 Å². The van der Waals surface area contributed by atoms with E-state index in [4.69, 9.17) is 0 Å². The van der Waals surface area contributed by atoms with Crippen molar-refractivity contribution in [2.75, 3.05) is 0 Å². The molecule has 2 heterocycles. The van der Waals surface area contributed by atoms with Crippen LogP contribution < -0.4 is 5.56 Å². The zero-order valence-corrected chi connectivity index (χ0v) is 10.5. The van der Waals surface area contributed by atoms with Crippen LogP contribution in [-0.4, -0.2) is 10.9 Å². The minimum Gasteiger partial charge on any atom is -0.304 e. The van der Waals surface area contributed by atoms with Gasteiger partial charge in [0.2, 0.25) is 0 Å². The van der Waals surface area contributed by atoms with Crippen molar-refractivity contribution in [2.24, 2.45) is 0 Å². The molecule has 17 heavy (non-hydrogen) atoms.